The molecule has 3 aromatic rings. The average molecular weight is 472 g/mol. The SMILES string of the molecule is CCOC(=O)c1cc(-c2ccccc2)sc1NC(=O)COC(=O)c1cccc(OSC)c1. The summed E-state index contributed by atoms with van der Waals surface area (Å²) < 4.78 is 15.5. The van der Waals surface area contributed by atoms with Crippen LogP contribution in [-0.4, -0.2) is 37.3 Å². The second kappa shape index (κ2) is 11.4. The summed E-state index contributed by atoms with van der Waals surface area (Å²) in [7, 11) is 0. The van der Waals surface area contributed by atoms with E-state index in [1.807, 2.05) is 30.3 Å². The van der Waals surface area contributed by atoms with E-state index in [1.165, 1.54) is 17.4 Å². The van der Waals surface area contributed by atoms with Crippen LogP contribution in [0.3, 0.4) is 0 Å². The Labute approximate surface area is 193 Å². The number of benzene rings is 2. The number of thiophene rings is 1. The first-order valence-corrected chi connectivity index (χ1v) is 11.6. The first-order valence-electron chi connectivity index (χ1n) is 9.66. The quantitative estimate of drug-likeness (QED) is 0.345. The number of esters is 2. The zero-order valence-electron chi connectivity index (χ0n) is 17.5. The minimum Gasteiger partial charge on any atom is -0.462 e. The third-order valence-corrected chi connectivity index (χ3v) is 5.58. The Bertz CT molecular complexity index is 1100. The van der Waals surface area contributed by atoms with Crippen LogP contribution in [0.4, 0.5) is 5.00 Å². The second-order valence-electron chi connectivity index (χ2n) is 6.34. The molecule has 0 atom stereocenters. The number of rotatable bonds is 9. The third-order valence-electron chi connectivity index (χ3n) is 4.12. The first-order chi connectivity index (χ1) is 15.5. The van der Waals surface area contributed by atoms with Crippen molar-refractivity contribution in [2.75, 3.05) is 24.8 Å². The van der Waals surface area contributed by atoms with Gasteiger partial charge < -0.3 is 19.0 Å². The fourth-order valence-corrected chi connectivity index (χ4v) is 4.10. The number of carbonyl (C=O) groups excluding carboxylic acids is 3. The Morgan fingerprint density at radius 1 is 0.969 bits per heavy atom. The molecule has 3 rings (SSSR count). The van der Waals surface area contributed by atoms with Gasteiger partial charge in [0.25, 0.3) is 5.91 Å². The normalized spacial score (nSPS) is 10.3. The molecule has 0 unspecified atom stereocenters. The van der Waals surface area contributed by atoms with Gasteiger partial charge in [-0.25, -0.2) is 9.59 Å². The molecule has 1 aromatic heterocycles. The highest BCUT2D eigenvalue weighted by atomic mass is 32.2. The summed E-state index contributed by atoms with van der Waals surface area (Å²) in [6.07, 6.45) is 1.76. The van der Waals surface area contributed by atoms with E-state index in [1.54, 1.807) is 37.4 Å². The number of amides is 1. The number of hydrogen-bond donors (Lipinski definition) is 1. The van der Waals surface area contributed by atoms with Crippen LogP contribution in [0, 0.1) is 0 Å². The molecular formula is C23H21NO6S2. The molecule has 1 N–H and O–H groups in total. The Hall–Kier alpha value is -3.30. The average Bonchev–Trinajstić information content (AvgIpc) is 3.22. The number of ether oxygens (including phenoxy) is 2. The highest BCUT2D eigenvalue weighted by Crippen LogP contribution is 2.36. The van der Waals surface area contributed by atoms with Crippen LogP contribution < -0.4 is 9.50 Å². The molecular weight excluding hydrogens is 450 g/mol. The molecule has 0 fully saturated rings. The van der Waals surface area contributed by atoms with Crippen molar-refractivity contribution in [2.24, 2.45) is 0 Å². The van der Waals surface area contributed by atoms with Gasteiger partial charge in [-0.3, -0.25) is 4.79 Å². The number of hydrogen-bond acceptors (Lipinski definition) is 8. The highest BCUT2D eigenvalue weighted by molar-refractivity contribution is 7.94. The molecule has 0 aliphatic rings. The number of anilines is 1. The summed E-state index contributed by atoms with van der Waals surface area (Å²) in [6, 6.07) is 17.6. The first kappa shape index (κ1) is 23.4. The lowest BCUT2D eigenvalue weighted by molar-refractivity contribution is -0.119. The summed E-state index contributed by atoms with van der Waals surface area (Å²) >= 11 is 2.39. The molecule has 32 heavy (non-hydrogen) atoms. The van der Waals surface area contributed by atoms with Gasteiger partial charge in [0.05, 0.1) is 29.8 Å². The molecule has 0 spiro atoms. The van der Waals surface area contributed by atoms with Crippen LogP contribution in [0.2, 0.25) is 0 Å². The van der Waals surface area contributed by atoms with Crippen molar-refractivity contribution in [3.05, 3.63) is 71.8 Å². The van der Waals surface area contributed by atoms with Gasteiger partial charge in [0.2, 0.25) is 0 Å². The largest absolute Gasteiger partial charge is 0.462 e. The second-order valence-corrected chi connectivity index (χ2v) is 7.89. The summed E-state index contributed by atoms with van der Waals surface area (Å²) in [5.74, 6) is -1.26. The van der Waals surface area contributed by atoms with Gasteiger partial charge in [-0.15, -0.1) is 11.3 Å². The van der Waals surface area contributed by atoms with Gasteiger partial charge in [-0.2, -0.15) is 0 Å². The highest BCUT2D eigenvalue weighted by Gasteiger charge is 2.20. The Balaban J connectivity index is 1.69. The molecule has 0 bridgehead atoms. The third kappa shape index (κ3) is 6.12. The van der Waals surface area contributed by atoms with Crippen molar-refractivity contribution in [3.63, 3.8) is 0 Å². The van der Waals surface area contributed by atoms with Crippen molar-refractivity contribution in [1.29, 1.82) is 0 Å². The van der Waals surface area contributed by atoms with E-state index < -0.39 is 24.5 Å². The van der Waals surface area contributed by atoms with Gasteiger partial charge in [-0.05, 0) is 36.8 Å². The van der Waals surface area contributed by atoms with E-state index >= 15 is 0 Å². The Morgan fingerprint density at radius 3 is 2.47 bits per heavy atom. The zero-order chi connectivity index (χ0) is 22.9. The van der Waals surface area contributed by atoms with E-state index in [0.717, 1.165) is 22.5 Å². The van der Waals surface area contributed by atoms with Crippen molar-refractivity contribution >= 4 is 46.2 Å². The summed E-state index contributed by atoms with van der Waals surface area (Å²) in [5.41, 5.74) is 1.42. The number of carbonyl (C=O) groups is 3. The summed E-state index contributed by atoms with van der Waals surface area (Å²) in [4.78, 5) is 37.9. The topological polar surface area (TPSA) is 90.9 Å². The van der Waals surface area contributed by atoms with Crippen LogP contribution in [0.15, 0.2) is 60.7 Å². The molecule has 9 heteroatoms. The molecule has 166 valence electrons. The molecule has 2 aromatic carbocycles. The molecule has 0 radical (unpaired) electrons. The van der Waals surface area contributed by atoms with E-state index in [2.05, 4.69) is 5.32 Å². The fourth-order valence-electron chi connectivity index (χ4n) is 2.74. The van der Waals surface area contributed by atoms with Gasteiger partial charge in [-0.1, -0.05) is 36.4 Å². The van der Waals surface area contributed by atoms with Crippen molar-refractivity contribution in [1.82, 2.24) is 0 Å². The fraction of sp³-hybridized carbons (Fsp3) is 0.174. The van der Waals surface area contributed by atoms with E-state index in [9.17, 15) is 14.4 Å². The van der Waals surface area contributed by atoms with Crippen LogP contribution in [0.25, 0.3) is 10.4 Å². The van der Waals surface area contributed by atoms with E-state index in [4.69, 9.17) is 13.7 Å². The summed E-state index contributed by atoms with van der Waals surface area (Å²) in [5, 5.41) is 2.98. The predicted octanol–water partition coefficient (Wildman–Crippen LogP) is 5.04. The molecule has 0 saturated carbocycles. The standard InChI is InChI=1S/C23H21NO6S2/c1-3-28-23(27)18-13-19(15-8-5-4-6-9-15)32-21(18)24-20(25)14-29-22(26)16-10-7-11-17(12-16)30-31-2/h4-13H,3,14H2,1-2H3,(H,24,25). The molecule has 0 aliphatic carbocycles. The molecule has 7 nitrogen and oxygen atoms in total. The van der Waals surface area contributed by atoms with Crippen molar-refractivity contribution in [3.8, 4) is 16.2 Å². The lowest BCUT2D eigenvalue weighted by Gasteiger charge is -2.08. The maximum Gasteiger partial charge on any atom is 0.341 e. The lowest BCUT2D eigenvalue weighted by Crippen LogP contribution is -2.21. The lowest BCUT2D eigenvalue weighted by atomic mass is 10.1. The maximum atomic E-state index is 12.4. The Kier molecular flexibility index (Phi) is 8.29. The maximum absolute atomic E-state index is 12.4. The molecule has 0 saturated heterocycles. The minimum absolute atomic E-state index is 0.208. The van der Waals surface area contributed by atoms with E-state index in [-0.39, 0.29) is 17.7 Å². The zero-order valence-corrected chi connectivity index (χ0v) is 19.1. The van der Waals surface area contributed by atoms with Gasteiger partial charge in [0, 0.05) is 11.1 Å². The number of nitrogens with one attached hydrogen (secondary N) is 1. The minimum atomic E-state index is -0.659. The van der Waals surface area contributed by atoms with Gasteiger partial charge >= 0.3 is 11.9 Å². The van der Waals surface area contributed by atoms with Crippen LogP contribution >= 0.6 is 23.4 Å². The summed E-state index contributed by atoms with van der Waals surface area (Å²) in [6.45, 7) is 1.41. The predicted molar refractivity (Wildman–Crippen MR) is 125 cm³/mol. The molecule has 1 amide bonds. The Morgan fingerprint density at radius 2 is 1.75 bits per heavy atom. The monoisotopic (exact) mass is 471 g/mol. The van der Waals surface area contributed by atoms with Crippen LogP contribution in [0.5, 0.6) is 5.75 Å². The van der Waals surface area contributed by atoms with Gasteiger partial charge in [0.15, 0.2) is 6.61 Å². The smallest absolute Gasteiger partial charge is 0.341 e. The van der Waals surface area contributed by atoms with Crippen molar-refractivity contribution < 1.29 is 28.0 Å². The van der Waals surface area contributed by atoms with Crippen LogP contribution in [-0.2, 0) is 14.3 Å². The van der Waals surface area contributed by atoms with Crippen molar-refractivity contribution in [2.45, 2.75) is 6.92 Å². The molecule has 1 heterocycles. The van der Waals surface area contributed by atoms with Crippen LogP contribution in [0.1, 0.15) is 27.6 Å². The van der Waals surface area contributed by atoms with Gasteiger partial charge in [0.1, 0.15) is 10.8 Å². The molecule has 0 aliphatic heterocycles. The van der Waals surface area contributed by atoms with E-state index in [0.29, 0.717) is 10.8 Å².